The van der Waals surface area contributed by atoms with E-state index in [1.807, 2.05) is 0 Å². The van der Waals surface area contributed by atoms with Crippen molar-refractivity contribution in [2.24, 2.45) is 0 Å². The normalized spacial score (nSPS) is 12.3. The molecule has 10 heteroatoms. The van der Waals surface area contributed by atoms with E-state index in [1.165, 1.54) is 42.5 Å². The molecule has 0 aliphatic carbocycles. The van der Waals surface area contributed by atoms with Gasteiger partial charge in [0, 0.05) is 11.1 Å². The van der Waals surface area contributed by atoms with Gasteiger partial charge in [0.1, 0.15) is 18.1 Å². The number of amides is 2. The lowest BCUT2D eigenvalue weighted by Crippen LogP contribution is -2.29. The number of halogens is 1. The fourth-order valence-corrected chi connectivity index (χ4v) is 4.11. The van der Waals surface area contributed by atoms with E-state index < -0.39 is 22.7 Å². The number of anilines is 1. The summed E-state index contributed by atoms with van der Waals surface area (Å²) >= 11 is 5.92. The number of hydrogen-bond donors (Lipinski definition) is 0. The molecule has 5 rings (SSSR count). The quantitative estimate of drug-likeness (QED) is 0.121. The van der Waals surface area contributed by atoms with Crippen LogP contribution < -0.4 is 9.64 Å². The molecule has 0 atom stereocenters. The van der Waals surface area contributed by atoms with Crippen LogP contribution >= 0.6 is 11.6 Å². The van der Waals surface area contributed by atoms with E-state index in [1.54, 1.807) is 48.5 Å². The minimum atomic E-state index is -0.712. The van der Waals surface area contributed by atoms with Gasteiger partial charge in [-0.1, -0.05) is 29.8 Å². The summed E-state index contributed by atoms with van der Waals surface area (Å²) in [5.41, 5.74) is 0.820. The lowest BCUT2D eigenvalue weighted by atomic mass is 10.1. The molecule has 9 nitrogen and oxygen atoms in total. The average molecular weight is 529 g/mol. The smallest absolute Gasteiger partial charge is 0.338 e. The third-order valence-electron chi connectivity index (χ3n) is 5.83. The van der Waals surface area contributed by atoms with Crippen LogP contribution in [0.4, 0.5) is 11.4 Å². The van der Waals surface area contributed by atoms with Crippen molar-refractivity contribution in [1.29, 1.82) is 0 Å². The Morgan fingerprint density at radius 3 is 2.29 bits per heavy atom. The number of para-hydroxylation sites is 1. The molecule has 0 saturated carbocycles. The second-order valence-electron chi connectivity index (χ2n) is 8.19. The molecule has 4 aromatic carbocycles. The summed E-state index contributed by atoms with van der Waals surface area (Å²) in [5.74, 6) is -1.14. The topological polar surface area (TPSA) is 116 Å². The summed E-state index contributed by atoms with van der Waals surface area (Å²) in [7, 11) is 0. The lowest BCUT2D eigenvalue weighted by molar-refractivity contribution is -0.385. The Kier molecular flexibility index (Phi) is 6.59. The third-order valence-corrected chi connectivity index (χ3v) is 6.08. The molecule has 38 heavy (non-hydrogen) atoms. The molecule has 0 aromatic heterocycles. The molecule has 0 spiro atoms. The zero-order chi connectivity index (χ0) is 26.8. The van der Waals surface area contributed by atoms with Crippen LogP contribution in [-0.2, 0) is 11.3 Å². The largest absolute Gasteiger partial charge is 0.457 e. The molecule has 1 aliphatic rings. The van der Waals surface area contributed by atoms with Crippen LogP contribution in [-0.4, -0.2) is 22.7 Å². The highest BCUT2D eigenvalue weighted by atomic mass is 35.5. The summed E-state index contributed by atoms with van der Waals surface area (Å²) in [6.45, 7) is -0.285. The molecular weight excluding hydrogens is 512 g/mol. The Morgan fingerprint density at radius 1 is 0.868 bits per heavy atom. The van der Waals surface area contributed by atoms with Crippen LogP contribution in [0.3, 0.4) is 0 Å². The van der Waals surface area contributed by atoms with Crippen molar-refractivity contribution >= 4 is 40.8 Å². The fourth-order valence-electron chi connectivity index (χ4n) is 3.99. The van der Waals surface area contributed by atoms with Crippen molar-refractivity contribution in [2.75, 3.05) is 4.90 Å². The van der Waals surface area contributed by atoms with Gasteiger partial charge >= 0.3 is 5.97 Å². The molecule has 0 radical (unpaired) electrons. The molecule has 188 valence electrons. The molecule has 0 bridgehead atoms. The summed E-state index contributed by atoms with van der Waals surface area (Å²) in [6, 6.07) is 23.0. The Labute approximate surface area is 220 Å². The number of fused-ring (bicyclic) bond motifs is 1. The second-order valence-corrected chi connectivity index (χ2v) is 8.63. The SMILES string of the molecule is O=C(OCc1ccccc1[N+](=O)[O-])c1ccc(N2C(=O)c3cccc(Oc4ccc(Cl)cc4)c3C2=O)cc1. The molecule has 0 saturated heterocycles. The maximum atomic E-state index is 13.3. The third kappa shape index (κ3) is 4.70. The standard InChI is InChI=1S/C28H17ClN2O7/c29-19-10-14-21(15-11-19)38-24-7-3-5-22-25(24)27(33)30(26(22)32)20-12-8-17(9-13-20)28(34)37-16-18-4-1-2-6-23(18)31(35)36/h1-15H,16H2. The summed E-state index contributed by atoms with van der Waals surface area (Å²) < 4.78 is 11.1. The molecular formula is C28H17ClN2O7. The van der Waals surface area contributed by atoms with Crippen LogP contribution in [0.1, 0.15) is 36.6 Å². The van der Waals surface area contributed by atoms with Gasteiger partial charge in [0.15, 0.2) is 0 Å². The fraction of sp³-hybridized carbons (Fsp3) is 0.0357. The van der Waals surface area contributed by atoms with Crippen molar-refractivity contribution in [1.82, 2.24) is 0 Å². The highest BCUT2D eigenvalue weighted by Gasteiger charge is 2.39. The van der Waals surface area contributed by atoms with E-state index in [0.717, 1.165) is 4.90 Å². The number of nitrogens with zero attached hydrogens (tertiary/aromatic N) is 2. The van der Waals surface area contributed by atoms with Crippen molar-refractivity contribution in [2.45, 2.75) is 6.61 Å². The molecule has 4 aromatic rings. The maximum Gasteiger partial charge on any atom is 0.338 e. The number of esters is 1. The van der Waals surface area contributed by atoms with E-state index in [0.29, 0.717) is 10.8 Å². The van der Waals surface area contributed by atoms with E-state index in [4.69, 9.17) is 21.1 Å². The first-order valence-electron chi connectivity index (χ1n) is 11.3. The van der Waals surface area contributed by atoms with Gasteiger partial charge in [-0.05, 0) is 66.7 Å². The molecule has 1 heterocycles. The Balaban J connectivity index is 1.33. The number of nitro groups is 1. The predicted molar refractivity (Wildman–Crippen MR) is 138 cm³/mol. The second kappa shape index (κ2) is 10.2. The molecule has 0 N–H and O–H groups in total. The van der Waals surface area contributed by atoms with E-state index >= 15 is 0 Å². The van der Waals surface area contributed by atoms with Gasteiger partial charge in [-0.25, -0.2) is 9.69 Å². The summed E-state index contributed by atoms with van der Waals surface area (Å²) in [4.78, 5) is 50.5. The highest BCUT2D eigenvalue weighted by Crippen LogP contribution is 2.36. The highest BCUT2D eigenvalue weighted by molar-refractivity contribution is 6.35. The number of benzene rings is 4. The number of nitro benzene ring substituents is 1. The molecule has 0 unspecified atom stereocenters. The van der Waals surface area contributed by atoms with Crippen molar-refractivity contribution in [3.8, 4) is 11.5 Å². The van der Waals surface area contributed by atoms with Crippen molar-refractivity contribution in [3.05, 3.63) is 128 Å². The summed E-state index contributed by atoms with van der Waals surface area (Å²) in [5, 5.41) is 11.7. The number of carbonyl (C=O) groups excluding carboxylic acids is 3. The van der Waals surface area contributed by atoms with Gasteiger partial charge in [0.05, 0.1) is 32.9 Å². The minimum absolute atomic E-state index is 0.125. The average Bonchev–Trinajstić information content (AvgIpc) is 3.19. The number of ether oxygens (including phenoxy) is 2. The van der Waals surface area contributed by atoms with Crippen molar-refractivity contribution in [3.63, 3.8) is 0 Å². The van der Waals surface area contributed by atoms with Crippen LogP contribution in [0, 0.1) is 10.1 Å². The van der Waals surface area contributed by atoms with E-state index in [-0.39, 0.29) is 46.0 Å². The monoisotopic (exact) mass is 528 g/mol. The van der Waals surface area contributed by atoms with Gasteiger partial charge in [-0.3, -0.25) is 19.7 Å². The first-order valence-corrected chi connectivity index (χ1v) is 11.7. The number of carbonyl (C=O) groups is 3. The zero-order valence-corrected chi connectivity index (χ0v) is 20.3. The Hall–Kier alpha value is -5.02. The maximum absolute atomic E-state index is 13.3. The Morgan fingerprint density at radius 2 is 1.58 bits per heavy atom. The van der Waals surface area contributed by atoms with Gasteiger partial charge in [-0.15, -0.1) is 0 Å². The van der Waals surface area contributed by atoms with Crippen LogP contribution in [0.15, 0.2) is 91.0 Å². The lowest BCUT2D eigenvalue weighted by Gasteiger charge is -2.14. The Bertz CT molecular complexity index is 1580. The number of rotatable bonds is 7. The van der Waals surface area contributed by atoms with Crippen LogP contribution in [0.2, 0.25) is 5.02 Å². The molecule has 1 aliphatic heterocycles. The first-order chi connectivity index (χ1) is 18.3. The number of hydrogen-bond acceptors (Lipinski definition) is 7. The van der Waals surface area contributed by atoms with Crippen LogP contribution in [0.25, 0.3) is 0 Å². The van der Waals surface area contributed by atoms with Gasteiger partial charge in [-0.2, -0.15) is 0 Å². The van der Waals surface area contributed by atoms with Gasteiger partial charge in [0.25, 0.3) is 17.5 Å². The van der Waals surface area contributed by atoms with Gasteiger partial charge in [0.2, 0.25) is 0 Å². The van der Waals surface area contributed by atoms with E-state index in [9.17, 15) is 24.5 Å². The predicted octanol–water partition coefficient (Wildman–Crippen LogP) is 6.20. The first kappa shape index (κ1) is 24.7. The molecule has 0 fully saturated rings. The summed E-state index contributed by atoms with van der Waals surface area (Å²) in [6.07, 6.45) is 0. The number of imide groups is 1. The van der Waals surface area contributed by atoms with Gasteiger partial charge < -0.3 is 9.47 Å². The zero-order valence-electron chi connectivity index (χ0n) is 19.5. The van der Waals surface area contributed by atoms with E-state index in [2.05, 4.69) is 0 Å². The molecule has 2 amide bonds. The van der Waals surface area contributed by atoms with Crippen molar-refractivity contribution < 1.29 is 28.8 Å². The van der Waals surface area contributed by atoms with Crippen LogP contribution in [0.5, 0.6) is 11.5 Å². The minimum Gasteiger partial charge on any atom is -0.457 e.